The van der Waals surface area contributed by atoms with Crippen molar-refractivity contribution in [3.63, 3.8) is 0 Å². The van der Waals surface area contributed by atoms with E-state index >= 15 is 0 Å². The molecule has 0 fully saturated rings. The summed E-state index contributed by atoms with van der Waals surface area (Å²) in [5, 5.41) is 9.50. The van der Waals surface area contributed by atoms with Gasteiger partial charge in [-0.1, -0.05) is 68.9 Å². The van der Waals surface area contributed by atoms with Gasteiger partial charge in [0.05, 0.1) is 7.11 Å². The van der Waals surface area contributed by atoms with Crippen molar-refractivity contribution in [3.05, 3.63) is 47.2 Å². The van der Waals surface area contributed by atoms with E-state index in [2.05, 4.69) is 29.0 Å². The number of methoxy groups -OCH3 is 1. The number of Topliss-reactive ketones (excluding diaryl/α,β-unsaturated/α-hetero) is 1. The van der Waals surface area contributed by atoms with Gasteiger partial charge in [0.15, 0.2) is 11.5 Å². The Labute approximate surface area is 161 Å². The Kier molecular flexibility index (Phi) is 9.05. The van der Waals surface area contributed by atoms with E-state index in [1.165, 1.54) is 44.8 Å². The van der Waals surface area contributed by atoms with Crippen LogP contribution in [0.5, 0.6) is 0 Å². The molecule has 5 nitrogen and oxygen atoms in total. The number of hydrogen-bond acceptors (Lipinski definition) is 5. The fraction of sp³-hybridized carbons (Fsp3) is 0.545. The van der Waals surface area contributed by atoms with Gasteiger partial charge < -0.3 is 14.6 Å². The maximum absolute atomic E-state index is 12.1. The number of cyclic esters (lactones) is 1. The van der Waals surface area contributed by atoms with Gasteiger partial charge >= 0.3 is 5.97 Å². The van der Waals surface area contributed by atoms with Crippen LogP contribution >= 0.6 is 0 Å². The monoisotopic (exact) mass is 374 g/mol. The molecule has 1 N–H and O–H groups in total. The molecule has 1 aromatic rings. The van der Waals surface area contributed by atoms with Crippen molar-refractivity contribution in [2.75, 3.05) is 7.11 Å². The van der Waals surface area contributed by atoms with Crippen LogP contribution in [0.1, 0.15) is 63.4 Å². The highest BCUT2D eigenvalue weighted by Gasteiger charge is 2.37. The van der Waals surface area contributed by atoms with Gasteiger partial charge in [-0.15, -0.1) is 0 Å². The standard InChI is InChI=1S/C22H30O5/c1-26-20-19(21(24)27-22(20)25)18(23)16-12-7-5-3-2-4-6-9-13-17-14-10-8-11-15-17/h8,10-11,14-15,22,25H,2-7,9,12-13,16H2,1H3. The molecule has 0 radical (unpaired) electrons. The Hall–Kier alpha value is -2.14. The largest absolute Gasteiger partial charge is 0.494 e. The molecule has 5 heteroatoms. The lowest BCUT2D eigenvalue weighted by molar-refractivity contribution is -0.154. The molecule has 0 aromatic heterocycles. The van der Waals surface area contributed by atoms with Crippen molar-refractivity contribution in [2.45, 2.75) is 70.5 Å². The number of ketones is 1. The number of hydrogen-bond donors (Lipinski definition) is 1. The highest BCUT2D eigenvalue weighted by atomic mass is 16.7. The first-order chi connectivity index (χ1) is 13.1. The Morgan fingerprint density at radius 1 is 1.00 bits per heavy atom. The molecule has 0 amide bonds. The topological polar surface area (TPSA) is 72.8 Å². The summed E-state index contributed by atoms with van der Waals surface area (Å²) in [6.45, 7) is 0. The van der Waals surface area contributed by atoms with E-state index in [9.17, 15) is 14.7 Å². The molecule has 0 spiro atoms. The minimum absolute atomic E-state index is 0.0690. The molecule has 2 rings (SSSR count). The Morgan fingerprint density at radius 3 is 2.22 bits per heavy atom. The quantitative estimate of drug-likeness (QED) is 0.320. The Bertz CT molecular complexity index is 635. The van der Waals surface area contributed by atoms with Gasteiger partial charge in [-0.2, -0.15) is 0 Å². The molecule has 1 aromatic carbocycles. The van der Waals surface area contributed by atoms with Crippen LogP contribution in [0.2, 0.25) is 0 Å². The lowest BCUT2D eigenvalue weighted by atomic mass is 10.0. The van der Waals surface area contributed by atoms with Gasteiger partial charge in [0, 0.05) is 6.42 Å². The molecular weight excluding hydrogens is 344 g/mol. The number of aryl methyl sites for hydroxylation is 1. The minimum atomic E-state index is -1.46. The first-order valence-corrected chi connectivity index (χ1v) is 9.88. The molecule has 0 saturated heterocycles. The predicted molar refractivity (Wildman–Crippen MR) is 103 cm³/mol. The maximum atomic E-state index is 12.1. The molecule has 1 heterocycles. The average Bonchev–Trinajstić information content (AvgIpc) is 2.97. The van der Waals surface area contributed by atoms with E-state index in [0.717, 1.165) is 25.7 Å². The van der Waals surface area contributed by atoms with Crippen molar-refractivity contribution in [1.29, 1.82) is 0 Å². The summed E-state index contributed by atoms with van der Waals surface area (Å²) < 4.78 is 9.53. The van der Waals surface area contributed by atoms with E-state index in [1.807, 2.05) is 6.07 Å². The molecule has 1 aliphatic heterocycles. The van der Waals surface area contributed by atoms with E-state index < -0.39 is 12.3 Å². The van der Waals surface area contributed by atoms with Crippen molar-refractivity contribution < 1.29 is 24.2 Å². The molecule has 1 atom stereocenters. The normalized spacial score (nSPS) is 16.5. The third kappa shape index (κ3) is 6.83. The molecule has 1 aliphatic rings. The first-order valence-electron chi connectivity index (χ1n) is 9.88. The minimum Gasteiger partial charge on any atom is -0.494 e. The lowest BCUT2D eigenvalue weighted by Gasteiger charge is -2.05. The summed E-state index contributed by atoms with van der Waals surface area (Å²) in [5.74, 6) is -1.17. The zero-order chi connectivity index (χ0) is 19.5. The van der Waals surface area contributed by atoms with Crippen LogP contribution in [0, 0.1) is 0 Å². The zero-order valence-corrected chi connectivity index (χ0v) is 16.1. The zero-order valence-electron chi connectivity index (χ0n) is 16.1. The van der Waals surface area contributed by atoms with E-state index in [-0.39, 0.29) is 23.5 Å². The first kappa shape index (κ1) is 21.2. The molecule has 0 bridgehead atoms. The second-order valence-electron chi connectivity index (χ2n) is 6.94. The number of ether oxygens (including phenoxy) is 2. The summed E-state index contributed by atoms with van der Waals surface area (Å²) in [6, 6.07) is 10.6. The van der Waals surface area contributed by atoms with Crippen LogP contribution in [0.25, 0.3) is 0 Å². The smallest absolute Gasteiger partial charge is 0.348 e. The highest BCUT2D eigenvalue weighted by Crippen LogP contribution is 2.24. The van der Waals surface area contributed by atoms with Crippen molar-refractivity contribution in [3.8, 4) is 0 Å². The van der Waals surface area contributed by atoms with Crippen LogP contribution in [0.3, 0.4) is 0 Å². The predicted octanol–water partition coefficient (Wildman–Crippen LogP) is 4.08. The van der Waals surface area contributed by atoms with Crippen LogP contribution in [0.4, 0.5) is 0 Å². The van der Waals surface area contributed by atoms with Crippen LogP contribution < -0.4 is 0 Å². The number of carbonyl (C=O) groups excluding carboxylic acids is 2. The molecule has 148 valence electrons. The Morgan fingerprint density at radius 2 is 1.59 bits per heavy atom. The molecular formula is C22H30O5. The fourth-order valence-electron chi connectivity index (χ4n) is 3.34. The molecule has 27 heavy (non-hydrogen) atoms. The number of aliphatic hydroxyl groups excluding tert-OH is 1. The molecule has 1 unspecified atom stereocenters. The molecule has 0 aliphatic carbocycles. The third-order valence-electron chi connectivity index (χ3n) is 4.85. The fourth-order valence-corrected chi connectivity index (χ4v) is 3.34. The van der Waals surface area contributed by atoms with Gasteiger partial charge in [0.1, 0.15) is 5.57 Å². The number of benzene rings is 1. The average molecular weight is 374 g/mol. The van der Waals surface area contributed by atoms with E-state index in [0.29, 0.717) is 0 Å². The van der Waals surface area contributed by atoms with Gasteiger partial charge in [-0.3, -0.25) is 4.79 Å². The van der Waals surface area contributed by atoms with Gasteiger partial charge in [-0.25, -0.2) is 4.79 Å². The van der Waals surface area contributed by atoms with Crippen LogP contribution in [-0.2, 0) is 25.5 Å². The summed E-state index contributed by atoms with van der Waals surface area (Å²) in [7, 11) is 1.31. The van der Waals surface area contributed by atoms with E-state index in [4.69, 9.17) is 4.74 Å². The summed E-state index contributed by atoms with van der Waals surface area (Å²) in [5.41, 5.74) is 1.27. The van der Waals surface area contributed by atoms with Gasteiger partial charge in [0.25, 0.3) is 6.29 Å². The lowest BCUT2D eigenvalue weighted by Crippen LogP contribution is -2.11. The maximum Gasteiger partial charge on any atom is 0.348 e. The number of unbranched alkanes of at least 4 members (excludes halogenated alkanes) is 7. The molecule has 0 saturated carbocycles. The number of rotatable bonds is 13. The Balaban J connectivity index is 1.49. The van der Waals surface area contributed by atoms with Gasteiger partial charge in [0.2, 0.25) is 0 Å². The van der Waals surface area contributed by atoms with Crippen LogP contribution in [-0.4, -0.2) is 30.3 Å². The summed E-state index contributed by atoms with van der Waals surface area (Å²) in [4.78, 5) is 23.8. The number of carbonyl (C=O) groups is 2. The van der Waals surface area contributed by atoms with Crippen LogP contribution in [0.15, 0.2) is 41.7 Å². The second-order valence-corrected chi connectivity index (χ2v) is 6.94. The number of aliphatic hydroxyl groups is 1. The van der Waals surface area contributed by atoms with Crippen molar-refractivity contribution in [1.82, 2.24) is 0 Å². The second kappa shape index (κ2) is 11.5. The highest BCUT2D eigenvalue weighted by molar-refractivity contribution is 6.18. The SMILES string of the molecule is COC1=C(C(=O)CCCCCCCCCCc2ccccc2)C(=O)OC1O. The van der Waals surface area contributed by atoms with Gasteiger partial charge in [-0.05, 0) is 24.8 Å². The summed E-state index contributed by atoms with van der Waals surface area (Å²) in [6.07, 6.45) is 8.90. The third-order valence-corrected chi connectivity index (χ3v) is 4.85. The summed E-state index contributed by atoms with van der Waals surface area (Å²) >= 11 is 0. The number of esters is 1. The van der Waals surface area contributed by atoms with Crippen molar-refractivity contribution in [2.24, 2.45) is 0 Å². The van der Waals surface area contributed by atoms with E-state index in [1.54, 1.807) is 0 Å². The van der Waals surface area contributed by atoms with Crippen molar-refractivity contribution >= 4 is 11.8 Å².